The normalized spacial score (nSPS) is 11.2. The van der Waals surface area contributed by atoms with Crippen molar-refractivity contribution in [1.82, 2.24) is 24.4 Å². The summed E-state index contributed by atoms with van der Waals surface area (Å²) in [6.07, 6.45) is 1.74. The molecular weight excluding hydrogens is 256 g/mol. The Morgan fingerprint density at radius 2 is 2.20 bits per heavy atom. The van der Waals surface area contributed by atoms with E-state index < -0.39 is 0 Å². The van der Waals surface area contributed by atoms with Crippen molar-refractivity contribution in [3.63, 3.8) is 0 Å². The molecule has 104 valence electrons. The number of aryl methyl sites for hydroxylation is 1. The maximum absolute atomic E-state index is 12.1. The van der Waals surface area contributed by atoms with Gasteiger partial charge in [0.25, 0.3) is 5.91 Å². The third kappa shape index (κ3) is 1.63. The monoisotopic (exact) mass is 272 g/mol. The molecule has 3 rings (SSSR count). The van der Waals surface area contributed by atoms with Crippen LogP contribution in [-0.4, -0.2) is 51.5 Å². The molecule has 1 amide bonds. The Labute approximate surface area is 115 Å². The molecule has 0 saturated carbocycles. The Kier molecular flexibility index (Phi) is 2.63. The molecule has 20 heavy (non-hydrogen) atoms. The summed E-state index contributed by atoms with van der Waals surface area (Å²) in [7, 11) is 7.17. The van der Waals surface area contributed by atoms with E-state index in [9.17, 15) is 4.79 Å². The Balaban J connectivity index is 2.36. The minimum absolute atomic E-state index is 0.0793. The van der Waals surface area contributed by atoms with E-state index in [4.69, 9.17) is 0 Å². The first kappa shape index (κ1) is 12.5. The van der Waals surface area contributed by atoms with Crippen molar-refractivity contribution in [2.24, 2.45) is 7.05 Å². The molecule has 0 spiro atoms. The molecule has 7 nitrogen and oxygen atoms in total. The van der Waals surface area contributed by atoms with E-state index in [-0.39, 0.29) is 5.91 Å². The molecule has 3 aromatic heterocycles. The van der Waals surface area contributed by atoms with Crippen molar-refractivity contribution in [2.75, 3.05) is 26.5 Å². The molecular formula is C13H16N6O. The fourth-order valence-corrected chi connectivity index (χ4v) is 2.33. The second-order valence-electron chi connectivity index (χ2n) is 4.91. The lowest BCUT2D eigenvalue weighted by molar-refractivity contribution is 0.0823. The average Bonchev–Trinajstić information content (AvgIpc) is 3.00. The molecule has 0 bridgehead atoms. The van der Waals surface area contributed by atoms with Crippen LogP contribution in [-0.2, 0) is 7.05 Å². The summed E-state index contributed by atoms with van der Waals surface area (Å²) in [5.74, 6) is 0.614. The van der Waals surface area contributed by atoms with Gasteiger partial charge in [0, 0.05) is 33.6 Å². The van der Waals surface area contributed by atoms with Crippen molar-refractivity contribution in [2.45, 2.75) is 0 Å². The zero-order chi connectivity index (χ0) is 14.4. The van der Waals surface area contributed by atoms with Gasteiger partial charge in [-0.05, 0) is 6.07 Å². The number of anilines is 1. The van der Waals surface area contributed by atoms with Crippen LogP contribution in [0.2, 0.25) is 0 Å². The minimum atomic E-state index is -0.0793. The number of fused-ring (bicyclic) bond motifs is 3. The summed E-state index contributed by atoms with van der Waals surface area (Å²) in [4.78, 5) is 25.5. The number of carbonyl (C=O) groups excluding carboxylic acids is 1. The maximum atomic E-state index is 12.1. The Morgan fingerprint density at radius 3 is 2.85 bits per heavy atom. The molecule has 0 atom stereocenters. The zero-order valence-electron chi connectivity index (χ0n) is 11.9. The number of nitrogens with one attached hydrogen (secondary N) is 2. The SMILES string of the molecule is CNc1nc2[nH]c(C(=O)N(C)C)cc2c2c1ncn2C. The lowest BCUT2D eigenvalue weighted by Crippen LogP contribution is -2.21. The van der Waals surface area contributed by atoms with E-state index >= 15 is 0 Å². The number of imidazole rings is 1. The molecule has 0 aliphatic carbocycles. The number of hydrogen-bond donors (Lipinski definition) is 2. The van der Waals surface area contributed by atoms with Crippen LogP contribution in [0.1, 0.15) is 10.5 Å². The summed E-state index contributed by atoms with van der Waals surface area (Å²) < 4.78 is 1.93. The van der Waals surface area contributed by atoms with Crippen molar-refractivity contribution < 1.29 is 4.79 Å². The topological polar surface area (TPSA) is 78.8 Å². The van der Waals surface area contributed by atoms with E-state index in [1.807, 2.05) is 17.7 Å². The van der Waals surface area contributed by atoms with Gasteiger partial charge in [-0.1, -0.05) is 0 Å². The first-order valence-corrected chi connectivity index (χ1v) is 6.26. The fourth-order valence-electron chi connectivity index (χ4n) is 2.33. The smallest absolute Gasteiger partial charge is 0.269 e. The molecule has 3 heterocycles. The molecule has 0 saturated heterocycles. The Hall–Kier alpha value is -2.57. The lowest BCUT2D eigenvalue weighted by Gasteiger charge is -2.07. The number of amides is 1. The summed E-state index contributed by atoms with van der Waals surface area (Å²) in [6.45, 7) is 0. The predicted molar refractivity (Wildman–Crippen MR) is 77.9 cm³/mol. The molecule has 2 N–H and O–H groups in total. The Bertz CT molecular complexity index is 813. The van der Waals surface area contributed by atoms with Crippen molar-refractivity contribution in [3.8, 4) is 0 Å². The van der Waals surface area contributed by atoms with Crippen LogP contribution in [0, 0.1) is 0 Å². The number of nitrogens with zero attached hydrogens (tertiary/aromatic N) is 4. The molecule has 7 heteroatoms. The quantitative estimate of drug-likeness (QED) is 0.734. The highest BCUT2D eigenvalue weighted by Crippen LogP contribution is 2.28. The van der Waals surface area contributed by atoms with Gasteiger partial charge in [-0.2, -0.15) is 0 Å². The van der Waals surface area contributed by atoms with E-state index in [0.717, 1.165) is 16.4 Å². The van der Waals surface area contributed by atoms with Crippen LogP contribution in [0.25, 0.3) is 22.1 Å². The highest BCUT2D eigenvalue weighted by Gasteiger charge is 2.17. The van der Waals surface area contributed by atoms with Gasteiger partial charge in [0.15, 0.2) is 5.82 Å². The van der Waals surface area contributed by atoms with Gasteiger partial charge in [0.1, 0.15) is 16.9 Å². The molecule has 0 fully saturated rings. The highest BCUT2D eigenvalue weighted by atomic mass is 16.2. The maximum Gasteiger partial charge on any atom is 0.269 e. The fraction of sp³-hybridized carbons (Fsp3) is 0.308. The van der Waals surface area contributed by atoms with Gasteiger partial charge < -0.3 is 19.8 Å². The second-order valence-corrected chi connectivity index (χ2v) is 4.91. The highest BCUT2D eigenvalue weighted by molar-refractivity contribution is 6.09. The van der Waals surface area contributed by atoms with E-state index in [1.54, 1.807) is 27.5 Å². The van der Waals surface area contributed by atoms with Gasteiger partial charge in [0.2, 0.25) is 0 Å². The molecule has 3 aromatic rings. The average molecular weight is 272 g/mol. The number of pyridine rings is 1. The van der Waals surface area contributed by atoms with E-state index in [1.165, 1.54) is 4.90 Å². The van der Waals surface area contributed by atoms with Gasteiger partial charge in [-0.25, -0.2) is 9.97 Å². The summed E-state index contributed by atoms with van der Waals surface area (Å²) >= 11 is 0. The number of hydrogen-bond acceptors (Lipinski definition) is 4. The predicted octanol–water partition coefficient (Wildman–Crippen LogP) is 1.19. The summed E-state index contributed by atoms with van der Waals surface area (Å²) in [5.41, 5.74) is 2.95. The first-order chi connectivity index (χ1) is 9.52. The summed E-state index contributed by atoms with van der Waals surface area (Å²) in [6, 6.07) is 1.83. The Morgan fingerprint density at radius 1 is 1.45 bits per heavy atom. The largest absolute Gasteiger partial charge is 0.371 e. The number of H-pyrrole nitrogens is 1. The van der Waals surface area contributed by atoms with Crippen LogP contribution >= 0.6 is 0 Å². The van der Waals surface area contributed by atoms with Gasteiger partial charge in [0.05, 0.1) is 11.8 Å². The zero-order valence-corrected chi connectivity index (χ0v) is 11.9. The molecule has 0 aliphatic heterocycles. The van der Waals surface area contributed by atoms with Gasteiger partial charge in [-0.3, -0.25) is 4.79 Å². The third-order valence-corrected chi connectivity index (χ3v) is 3.31. The minimum Gasteiger partial charge on any atom is -0.371 e. The van der Waals surface area contributed by atoms with Crippen LogP contribution in [0.3, 0.4) is 0 Å². The van der Waals surface area contributed by atoms with Crippen molar-refractivity contribution in [3.05, 3.63) is 18.1 Å². The number of rotatable bonds is 2. The second kappa shape index (κ2) is 4.22. The lowest BCUT2D eigenvalue weighted by atomic mass is 10.2. The number of aromatic nitrogens is 4. The van der Waals surface area contributed by atoms with Crippen LogP contribution in [0.5, 0.6) is 0 Å². The van der Waals surface area contributed by atoms with Crippen molar-refractivity contribution in [1.29, 1.82) is 0 Å². The summed E-state index contributed by atoms with van der Waals surface area (Å²) in [5, 5.41) is 3.93. The molecule has 0 aliphatic rings. The van der Waals surface area contributed by atoms with E-state index in [0.29, 0.717) is 17.2 Å². The third-order valence-electron chi connectivity index (χ3n) is 3.31. The molecule has 0 unspecified atom stereocenters. The first-order valence-electron chi connectivity index (χ1n) is 6.26. The van der Waals surface area contributed by atoms with Crippen LogP contribution < -0.4 is 5.32 Å². The molecule has 0 radical (unpaired) electrons. The van der Waals surface area contributed by atoms with Gasteiger partial charge >= 0.3 is 0 Å². The molecule has 0 aromatic carbocycles. The van der Waals surface area contributed by atoms with Crippen LogP contribution in [0.4, 0.5) is 5.82 Å². The van der Waals surface area contributed by atoms with Crippen molar-refractivity contribution >= 4 is 33.8 Å². The number of carbonyl (C=O) groups is 1. The van der Waals surface area contributed by atoms with E-state index in [2.05, 4.69) is 20.3 Å². The number of aromatic amines is 1. The van der Waals surface area contributed by atoms with Gasteiger partial charge in [-0.15, -0.1) is 0 Å². The standard InChI is InChI=1S/C13H16N6O/c1-14-12-9-10(19(4)6-15-9)7-5-8(13(20)18(2)3)16-11(7)17-12/h5-6H,1-4H3,(H2,14,16,17). The van der Waals surface area contributed by atoms with Crippen LogP contribution in [0.15, 0.2) is 12.4 Å².